The first-order chi connectivity index (χ1) is 9.20. The summed E-state index contributed by atoms with van der Waals surface area (Å²) >= 11 is 1.71. The molecule has 0 radical (unpaired) electrons. The molecule has 0 spiro atoms. The van der Waals surface area contributed by atoms with Gasteiger partial charge < -0.3 is 4.90 Å². The second kappa shape index (κ2) is 6.43. The van der Waals surface area contributed by atoms with Crippen LogP contribution in [0.1, 0.15) is 28.0 Å². The van der Waals surface area contributed by atoms with Gasteiger partial charge in [-0.2, -0.15) is 0 Å². The van der Waals surface area contributed by atoms with Crippen molar-refractivity contribution in [2.45, 2.75) is 19.8 Å². The molecule has 2 heterocycles. The van der Waals surface area contributed by atoms with E-state index in [0.29, 0.717) is 12.2 Å². The van der Waals surface area contributed by atoms with Crippen molar-refractivity contribution in [3.8, 4) is 0 Å². The lowest BCUT2D eigenvalue weighted by Gasteiger charge is -2.16. The van der Waals surface area contributed by atoms with E-state index in [0.717, 1.165) is 18.5 Å². The Labute approximate surface area is 117 Å². The van der Waals surface area contributed by atoms with Crippen LogP contribution in [0.15, 0.2) is 29.9 Å². The highest BCUT2D eigenvalue weighted by atomic mass is 32.1. The van der Waals surface area contributed by atoms with Crippen LogP contribution in [-0.2, 0) is 12.8 Å². The van der Waals surface area contributed by atoms with Gasteiger partial charge >= 0.3 is 0 Å². The molecule has 0 aliphatic carbocycles. The van der Waals surface area contributed by atoms with Crippen LogP contribution in [0.4, 0.5) is 0 Å². The molecule has 0 aromatic carbocycles. The lowest BCUT2D eigenvalue weighted by Crippen LogP contribution is -2.29. The molecular formula is C14H17N3OS. The molecule has 19 heavy (non-hydrogen) atoms. The maximum Gasteiger partial charge on any atom is 0.273 e. The molecule has 0 aliphatic heterocycles. The van der Waals surface area contributed by atoms with E-state index in [9.17, 15) is 4.79 Å². The van der Waals surface area contributed by atoms with Crippen molar-refractivity contribution in [3.63, 3.8) is 0 Å². The van der Waals surface area contributed by atoms with Gasteiger partial charge in [0.25, 0.3) is 5.91 Å². The molecule has 100 valence electrons. The molecule has 0 saturated carbocycles. The number of aryl methyl sites for hydroxylation is 1. The van der Waals surface area contributed by atoms with E-state index in [-0.39, 0.29) is 5.91 Å². The third-order valence-corrected chi connectivity index (χ3v) is 3.82. The summed E-state index contributed by atoms with van der Waals surface area (Å²) in [6.45, 7) is 2.69. The maximum atomic E-state index is 12.2. The number of amides is 1. The number of hydrogen-bond donors (Lipinski definition) is 0. The van der Waals surface area contributed by atoms with E-state index in [1.807, 2.05) is 18.4 Å². The van der Waals surface area contributed by atoms with Crippen molar-refractivity contribution in [2.24, 2.45) is 0 Å². The van der Waals surface area contributed by atoms with Crippen LogP contribution in [0, 0.1) is 0 Å². The summed E-state index contributed by atoms with van der Waals surface area (Å²) in [5, 5.41) is 2.05. The molecular weight excluding hydrogens is 258 g/mol. The van der Waals surface area contributed by atoms with Crippen molar-refractivity contribution in [2.75, 3.05) is 13.6 Å². The zero-order valence-electron chi connectivity index (χ0n) is 11.2. The van der Waals surface area contributed by atoms with Gasteiger partial charge in [-0.1, -0.05) is 13.0 Å². The topological polar surface area (TPSA) is 46.1 Å². The van der Waals surface area contributed by atoms with Crippen molar-refractivity contribution in [1.29, 1.82) is 0 Å². The first kappa shape index (κ1) is 13.7. The van der Waals surface area contributed by atoms with E-state index < -0.39 is 0 Å². The Kier molecular flexibility index (Phi) is 4.63. The third kappa shape index (κ3) is 3.61. The fourth-order valence-corrected chi connectivity index (χ4v) is 2.41. The van der Waals surface area contributed by atoms with Crippen LogP contribution in [0.5, 0.6) is 0 Å². The number of nitrogens with zero attached hydrogens (tertiary/aromatic N) is 3. The molecule has 2 rings (SSSR count). The number of likely N-dealkylation sites (N-methyl/N-ethyl adjacent to an activating group) is 1. The minimum Gasteiger partial charge on any atom is -0.340 e. The Morgan fingerprint density at radius 2 is 2.26 bits per heavy atom. The van der Waals surface area contributed by atoms with Crippen molar-refractivity contribution < 1.29 is 4.79 Å². The van der Waals surface area contributed by atoms with Gasteiger partial charge in [-0.25, -0.2) is 4.98 Å². The first-order valence-electron chi connectivity index (χ1n) is 6.29. The number of carbonyl (C=O) groups excluding carboxylic acids is 1. The average Bonchev–Trinajstić information content (AvgIpc) is 2.97. The predicted octanol–water partition coefficient (Wildman–Crippen LogP) is 2.42. The smallest absolute Gasteiger partial charge is 0.273 e. The number of thiophene rings is 1. The van der Waals surface area contributed by atoms with Crippen molar-refractivity contribution >= 4 is 17.2 Å². The highest BCUT2D eigenvalue weighted by Crippen LogP contribution is 2.10. The molecule has 0 N–H and O–H groups in total. The molecule has 0 aliphatic rings. The number of rotatable bonds is 5. The van der Waals surface area contributed by atoms with Gasteiger partial charge in [0.1, 0.15) is 5.69 Å². The third-order valence-electron chi connectivity index (χ3n) is 2.89. The summed E-state index contributed by atoms with van der Waals surface area (Å²) in [4.78, 5) is 23.5. The Balaban J connectivity index is 1.97. The summed E-state index contributed by atoms with van der Waals surface area (Å²) in [7, 11) is 1.80. The minimum absolute atomic E-state index is 0.0700. The predicted molar refractivity (Wildman–Crippen MR) is 76.4 cm³/mol. The second-order valence-electron chi connectivity index (χ2n) is 4.31. The molecule has 0 unspecified atom stereocenters. The van der Waals surface area contributed by atoms with E-state index >= 15 is 0 Å². The zero-order valence-corrected chi connectivity index (χ0v) is 12.0. The SMILES string of the molecule is CCc1cncc(C(=O)N(C)CCc2cccs2)n1. The Morgan fingerprint density at radius 3 is 2.95 bits per heavy atom. The van der Waals surface area contributed by atoms with E-state index in [4.69, 9.17) is 0 Å². The van der Waals surface area contributed by atoms with Gasteiger partial charge in [-0.05, 0) is 24.3 Å². The van der Waals surface area contributed by atoms with Crippen molar-refractivity contribution in [1.82, 2.24) is 14.9 Å². The summed E-state index contributed by atoms with van der Waals surface area (Å²) < 4.78 is 0. The Morgan fingerprint density at radius 1 is 1.42 bits per heavy atom. The van der Waals surface area contributed by atoms with Crippen LogP contribution in [0.25, 0.3) is 0 Å². The maximum absolute atomic E-state index is 12.2. The standard InChI is InChI=1S/C14H17N3OS/c1-3-11-9-15-10-13(16-11)14(18)17(2)7-6-12-5-4-8-19-12/h4-5,8-10H,3,6-7H2,1-2H3. The summed E-state index contributed by atoms with van der Waals surface area (Å²) in [5.74, 6) is -0.0700. The highest BCUT2D eigenvalue weighted by Gasteiger charge is 2.14. The Hall–Kier alpha value is -1.75. The summed E-state index contributed by atoms with van der Waals surface area (Å²) in [6, 6.07) is 4.11. The van der Waals surface area contributed by atoms with Gasteiger partial charge in [0.15, 0.2) is 0 Å². The van der Waals surface area contributed by atoms with Crippen LogP contribution in [-0.4, -0.2) is 34.4 Å². The van der Waals surface area contributed by atoms with Crippen LogP contribution in [0.3, 0.4) is 0 Å². The molecule has 5 heteroatoms. The van der Waals surface area contributed by atoms with Gasteiger partial charge in [-0.3, -0.25) is 9.78 Å². The van der Waals surface area contributed by atoms with E-state index in [1.54, 1.807) is 29.5 Å². The molecule has 0 saturated heterocycles. The lowest BCUT2D eigenvalue weighted by atomic mass is 10.3. The van der Waals surface area contributed by atoms with Gasteiger partial charge in [0.2, 0.25) is 0 Å². The quantitative estimate of drug-likeness (QED) is 0.842. The average molecular weight is 275 g/mol. The van der Waals surface area contributed by atoms with E-state index in [1.165, 1.54) is 11.1 Å². The summed E-state index contributed by atoms with van der Waals surface area (Å²) in [5.41, 5.74) is 1.27. The zero-order chi connectivity index (χ0) is 13.7. The minimum atomic E-state index is -0.0700. The molecule has 4 nitrogen and oxygen atoms in total. The molecule has 0 atom stereocenters. The highest BCUT2D eigenvalue weighted by molar-refractivity contribution is 7.09. The number of carbonyl (C=O) groups is 1. The van der Waals surface area contributed by atoms with Crippen LogP contribution in [0.2, 0.25) is 0 Å². The normalized spacial score (nSPS) is 10.4. The Bertz CT molecular complexity index is 539. The molecule has 2 aromatic rings. The summed E-state index contributed by atoms with van der Waals surface area (Å²) in [6.07, 6.45) is 4.89. The number of hydrogen-bond acceptors (Lipinski definition) is 4. The van der Waals surface area contributed by atoms with Crippen molar-refractivity contribution in [3.05, 3.63) is 46.2 Å². The fraction of sp³-hybridized carbons (Fsp3) is 0.357. The van der Waals surface area contributed by atoms with Crippen LogP contribution < -0.4 is 0 Å². The molecule has 2 aromatic heterocycles. The molecule has 0 bridgehead atoms. The van der Waals surface area contributed by atoms with Crippen LogP contribution >= 0.6 is 11.3 Å². The van der Waals surface area contributed by atoms with Gasteiger partial charge in [0, 0.05) is 24.7 Å². The van der Waals surface area contributed by atoms with Gasteiger partial charge in [0.05, 0.1) is 11.9 Å². The largest absolute Gasteiger partial charge is 0.340 e. The van der Waals surface area contributed by atoms with E-state index in [2.05, 4.69) is 16.0 Å². The molecule has 0 fully saturated rings. The lowest BCUT2D eigenvalue weighted by molar-refractivity contribution is 0.0790. The fourth-order valence-electron chi connectivity index (χ4n) is 1.71. The number of aromatic nitrogens is 2. The molecule has 1 amide bonds. The van der Waals surface area contributed by atoms with Gasteiger partial charge in [-0.15, -0.1) is 11.3 Å². The first-order valence-corrected chi connectivity index (χ1v) is 7.17. The second-order valence-corrected chi connectivity index (χ2v) is 5.34. The monoisotopic (exact) mass is 275 g/mol.